The Morgan fingerprint density at radius 1 is 1.30 bits per heavy atom. The lowest BCUT2D eigenvalue weighted by molar-refractivity contribution is 0.0744. The molecule has 1 amide bonds. The van der Waals surface area contributed by atoms with Crippen LogP contribution in [-0.4, -0.2) is 41.7 Å². The van der Waals surface area contributed by atoms with Crippen LogP contribution in [0.15, 0.2) is 36.5 Å². The third-order valence-corrected chi connectivity index (χ3v) is 4.30. The molecule has 1 N–H and O–H groups in total. The molecule has 27 heavy (non-hydrogen) atoms. The Morgan fingerprint density at radius 3 is 2.74 bits per heavy atom. The second-order valence-electron chi connectivity index (χ2n) is 6.28. The number of benzene rings is 1. The van der Waals surface area contributed by atoms with E-state index in [1.165, 1.54) is 4.90 Å². The van der Waals surface area contributed by atoms with Crippen LogP contribution in [0.5, 0.6) is 5.75 Å². The molecule has 1 unspecified atom stereocenters. The van der Waals surface area contributed by atoms with Crippen molar-refractivity contribution in [3.8, 4) is 5.75 Å². The number of halogens is 2. The number of piperazine rings is 1. The highest BCUT2D eigenvalue weighted by Crippen LogP contribution is 2.22. The molecule has 1 fully saturated rings. The molecular formula is C19H21F2N3O3. The van der Waals surface area contributed by atoms with Crippen molar-refractivity contribution >= 4 is 6.09 Å². The minimum absolute atomic E-state index is 0.0386. The summed E-state index contributed by atoms with van der Waals surface area (Å²) < 4.78 is 39.0. The van der Waals surface area contributed by atoms with E-state index in [1.54, 1.807) is 24.4 Å². The van der Waals surface area contributed by atoms with Gasteiger partial charge in [-0.25, -0.2) is 13.6 Å². The van der Waals surface area contributed by atoms with E-state index in [1.807, 2.05) is 6.92 Å². The van der Waals surface area contributed by atoms with E-state index in [2.05, 4.69) is 10.3 Å². The number of hydrogen-bond acceptors (Lipinski definition) is 5. The molecule has 2 aromatic rings. The van der Waals surface area contributed by atoms with E-state index in [0.717, 1.165) is 12.1 Å². The van der Waals surface area contributed by atoms with Crippen LogP contribution in [0.25, 0.3) is 0 Å². The zero-order chi connectivity index (χ0) is 19.2. The molecule has 1 saturated heterocycles. The van der Waals surface area contributed by atoms with Crippen LogP contribution in [0, 0.1) is 11.6 Å². The molecule has 0 aliphatic carbocycles. The number of aromatic nitrogens is 1. The van der Waals surface area contributed by atoms with Gasteiger partial charge in [0.15, 0.2) is 0 Å². The standard InChI is InChI=1S/C19H21F2N3O3/c1-13-10-22-6-7-24(13)19(25)27-12-16-17(20)8-15(9-18(16)21)26-11-14-4-2-3-5-23-14/h2-5,8-9,13,22H,6-7,10-12H2,1H3. The molecule has 0 spiro atoms. The fraction of sp³-hybridized carbons (Fsp3) is 0.368. The number of ether oxygens (including phenoxy) is 2. The zero-order valence-corrected chi connectivity index (χ0v) is 15.0. The zero-order valence-electron chi connectivity index (χ0n) is 15.0. The second-order valence-corrected chi connectivity index (χ2v) is 6.28. The third kappa shape index (κ3) is 4.91. The van der Waals surface area contributed by atoms with Gasteiger partial charge in [-0.1, -0.05) is 6.07 Å². The van der Waals surface area contributed by atoms with E-state index in [4.69, 9.17) is 9.47 Å². The molecule has 144 valence electrons. The fourth-order valence-corrected chi connectivity index (χ4v) is 2.77. The van der Waals surface area contributed by atoms with Crippen LogP contribution in [0.1, 0.15) is 18.2 Å². The molecule has 0 saturated carbocycles. The van der Waals surface area contributed by atoms with E-state index >= 15 is 0 Å². The van der Waals surface area contributed by atoms with Crippen LogP contribution in [-0.2, 0) is 18.0 Å². The molecule has 1 aliphatic rings. The summed E-state index contributed by atoms with van der Waals surface area (Å²) in [6, 6.07) is 7.41. The first-order valence-corrected chi connectivity index (χ1v) is 8.69. The van der Waals surface area contributed by atoms with Crippen molar-refractivity contribution in [1.29, 1.82) is 0 Å². The summed E-state index contributed by atoms with van der Waals surface area (Å²) in [4.78, 5) is 17.7. The van der Waals surface area contributed by atoms with Crippen molar-refractivity contribution in [3.63, 3.8) is 0 Å². The Morgan fingerprint density at radius 2 is 2.07 bits per heavy atom. The van der Waals surface area contributed by atoms with E-state index < -0.39 is 24.3 Å². The largest absolute Gasteiger partial charge is 0.487 e. The number of hydrogen-bond donors (Lipinski definition) is 1. The van der Waals surface area contributed by atoms with Gasteiger partial charge in [0.1, 0.15) is 30.6 Å². The van der Waals surface area contributed by atoms with Crippen molar-refractivity contribution in [2.45, 2.75) is 26.2 Å². The summed E-state index contributed by atoms with van der Waals surface area (Å²) in [5.41, 5.74) is 0.331. The maximum Gasteiger partial charge on any atom is 0.410 e. The number of nitrogens with zero attached hydrogens (tertiary/aromatic N) is 2. The van der Waals surface area contributed by atoms with Crippen molar-refractivity contribution < 1.29 is 23.0 Å². The van der Waals surface area contributed by atoms with Crippen LogP contribution in [0.3, 0.4) is 0 Å². The molecule has 6 nitrogen and oxygen atoms in total. The predicted octanol–water partition coefficient (Wildman–Crippen LogP) is 2.87. The first-order chi connectivity index (χ1) is 13.0. The van der Waals surface area contributed by atoms with Crippen molar-refractivity contribution in [2.24, 2.45) is 0 Å². The molecule has 8 heteroatoms. The Balaban J connectivity index is 1.60. The first-order valence-electron chi connectivity index (χ1n) is 8.69. The smallest absolute Gasteiger partial charge is 0.410 e. The van der Waals surface area contributed by atoms with Gasteiger partial charge in [-0.15, -0.1) is 0 Å². The van der Waals surface area contributed by atoms with Crippen molar-refractivity contribution in [3.05, 3.63) is 59.4 Å². The Labute approximate surface area is 156 Å². The monoisotopic (exact) mass is 377 g/mol. The number of pyridine rings is 1. The summed E-state index contributed by atoms with van der Waals surface area (Å²) >= 11 is 0. The molecule has 1 aromatic heterocycles. The molecule has 0 bridgehead atoms. The molecule has 3 rings (SSSR count). The Hall–Kier alpha value is -2.74. The molecule has 2 heterocycles. The van der Waals surface area contributed by atoms with Gasteiger partial charge < -0.3 is 19.7 Å². The average molecular weight is 377 g/mol. The minimum Gasteiger partial charge on any atom is -0.487 e. The van der Waals surface area contributed by atoms with Gasteiger partial charge in [-0.2, -0.15) is 0 Å². The molecule has 0 radical (unpaired) electrons. The Kier molecular flexibility index (Phi) is 6.18. The SMILES string of the molecule is CC1CNCCN1C(=O)OCc1c(F)cc(OCc2ccccn2)cc1F. The average Bonchev–Trinajstić information content (AvgIpc) is 2.66. The van der Waals surface area contributed by atoms with Crippen molar-refractivity contribution in [1.82, 2.24) is 15.2 Å². The van der Waals surface area contributed by atoms with Gasteiger partial charge in [0.05, 0.1) is 11.3 Å². The van der Waals surface area contributed by atoms with Crippen LogP contribution in [0.2, 0.25) is 0 Å². The van der Waals surface area contributed by atoms with Gasteiger partial charge in [0.2, 0.25) is 0 Å². The van der Waals surface area contributed by atoms with Crippen molar-refractivity contribution in [2.75, 3.05) is 19.6 Å². The van der Waals surface area contributed by atoms with E-state index in [0.29, 0.717) is 25.3 Å². The maximum absolute atomic E-state index is 14.3. The number of amides is 1. The first kappa shape index (κ1) is 19.0. The molecule has 1 aromatic carbocycles. The summed E-state index contributed by atoms with van der Waals surface area (Å²) in [7, 11) is 0. The van der Waals surface area contributed by atoms with Crippen LogP contribution in [0.4, 0.5) is 13.6 Å². The number of nitrogens with one attached hydrogen (secondary N) is 1. The second kappa shape index (κ2) is 8.77. The predicted molar refractivity (Wildman–Crippen MR) is 94.1 cm³/mol. The van der Waals surface area contributed by atoms with Gasteiger partial charge in [0, 0.05) is 44.0 Å². The Bertz CT molecular complexity index is 766. The maximum atomic E-state index is 14.3. The number of rotatable bonds is 5. The normalized spacial score (nSPS) is 16.9. The lowest BCUT2D eigenvalue weighted by atomic mass is 10.2. The topological polar surface area (TPSA) is 63.7 Å². The van der Waals surface area contributed by atoms with E-state index in [-0.39, 0.29) is 24.0 Å². The summed E-state index contributed by atoms with van der Waals surface area (Å²) in [5.74, 6) is -1.61. The third-order valence-electron chi connectivity index (χ3n) is 4.30. The lowest BCUT2D eigenvalue weighted by Gasteiger charge is -2.33. The van der Waals surface area contributed by atoms with Gasteiger partial charge in [-0.05, 0) is 19.1 Å². The van der Waals surface area contributed by atoms with E-state index in [9.17, 15) is 13.6 Å². The molecular weight excluding hydrogens is 356 g/mol. The summed E-state index contributed by atoms with van der Waals surface area (Å²) in [6.07, 6.45) is 1.02. The molecule has 1 atom stereocenters. The van der Waals surface area contributed by atoms with Gasteiger partial charge >= 0.3 is 6.09 Å². The highest BCUT2D eigenvalue weighted by molar-refractivity contribution is 5.68. The fourth-order valence-electron chi connectivity index (χ4n) is 2.77. The number of carbonyl (C=O) groups is 1. The highest BCUT2D eigenvalue weighted by Gasteiger charge is 2.25. The summed E-state index contributed by atoms with van der Waals surface area (Å²) in [5, 5.41) is 3.15. The van der Waals surface area contributed by atoms with Crippen LogP contribution < -0.4 is 10.1 Å². The van der Waals surface area contributed by atoms with Gasteiger partial charge in [-0.3, -0.25) is 4.98 Å². The number of carbonyl (C=O) groups excluding carboxylic acids is 1. The quantitative estimate of drug-likeness (QED) is 0.868. The minimum atomic E-state index is -0.827. The summed E-state index contributed by atoms with van der Waals surface area (Å²) in [6.45, 7) is 3.29. The van der Waals surface area contributed by atoms with Gasteiger partial charge in [0.25, 0.3) is 0 Å². The highest BCUT2D eigenvalue weighted by atomic mass is 19.1. The molecule has 1 aliphatic heterocycles. The lowest BCUT2D eigenvalue weighted by Crippen LogP contribution is -2.52. The van der Waals surface area contributed by atoms with Crippen LogP contribution >= 0.6 is 0 Å².